The summed E-state index contributed by atoms with van der Waals surface area (Å²) in [6.45, 7) is 0. The van der Waals surface area contributed by atoms with Crippen molar-refractivity contribution in [3.63, 3.8) is 0 Å². The molecule has 0 heterocycles. The molecule has 0 N–H and O–H groups in total. The van der Waals surface area contributed by atoms with E-state index in [1.807, 2.05) is 0 Å². The molecular weight excluding hydrogens is 456 g/mol. The molecule has 0 saturated heterocycles. The van der Waals surface area contributed by atoms with E-state index in [1.165, 1.54) is 0 Å². The number of hydrogen-bond donors (Lipinski definition) is 0. The van der Waals surface area contributed by atoms with Crippen molar-refractivity contribution in [3.8, 4) is 0 Å². The first kappa shape index (κ1) is 24.1. The minimum Gasteiger partial charge on any atom is -0.549 e. The summed E-state index contributed by atoms with van der Waals surface area (Å²) < 4.78 is 0. The number of rotatable bonds is 12. The molecular formula is C14H8O10S4-4. The molecule has 0 unspecified atom stereocenters. The minimum absolute atomic E-state index is 0.404. The van der Waals surface area contributed by atoms with E-state index in [0.29, 0.717) is 47.0 Å². The normalized spacial score (nSPS) is 14.4. The van der Waals surface area contributed by atoms with E-state index in [0.717, 1.165) is 0 Å². The largest absolute Gasteiger partial charge is 0.549 e. The third-order valence-electron chi connectivity index (χ3n) is 2.57. The number of carboxylic acid groups (broad SMARTS) is 4. The number of allylic oxidation sites excluding steroid dienone is 4. The van der Waals surface area contributed by atoms with Crippen LogP contribution in [0.2, 0.25) is 0 Å². The van der Waals surface area contributed by atoms with E-state index in [1.54, 1.807) is 0 Å². The highest BCUT2D eigenvalue weighted by molar-refractivity contribution is 8.11. The summed E-state index contributed by atoms with van der Waals surface area (Å²) in [6.07, 6.45) is 0. The van der Waals surface area contributed by atoms with Crippen LogP contribution in [0.3, 0.4) is 0 Å². The van der Waals surface area contributed by atoms with Crippen LogP contribution in [0, 0.1) is 0 Å². The minimum atomic E-state index is -1.56. The molecule has 0 saturated carbocycles. The Bertz CT molecular complexity index is 672. The maximum absolute atomic E-state index is 12.7. The van der Waals surface area contributed by atoms with Crippen molar-refractivity contribution in [1.29, 1.82) is 0 Å². The average Bonchev–Trinajstić information content (AvgIpc) is 2.57. The van der Waals surface area contributed by atoms with Crippen molar-refractivity contribution in [1.82, 2.24) is 0 Å². The zero-order valence-corrected chi connectivity index (χ0v) is 16.8. The predicted molar refractivity (Wildman–Crippen MR) is 93.9 cm³/mol. The number of hydrogen-bond acceptors (Lipinski definition) is 14. The lowest BCUT2D eigenvalue weighted by Crippen LogP contribution is -2.29. The first-order valence-corrected chi connectivity index (χ1v) is 10.9. The lowest BCUT2D eigenvalue weighted by Gasteiger charge is -2.23. The number of carbonyl (C=O) groups excluding carboxylic acids is 6. The molecule has 1 aliphatic carbocycles. The van der Waals surface area contributed by atoms with Crippen LogP contribution in [0.1, 0.15) is 0 Å². The topological polar surface area (TPSA) is 195 Å². The Labute approximate surface area is 174 Å². The predicted octanol–water partition coefficient (Wildman–Crippen LogP) is -4.51. The van der Waals surface area contributed by atoms with Crippen LogP contribution in [0.5, 0.6) is 0 Å². The van der Waals surface area contributed by atoms with Gasteiger partial charge < -0.3 is 39.6 Å². The van der Waals surface area contributed by atoms with Gasteiger partial charge in [-0.05, 0) is 0 Å². The summed E-state index contributed by atoms with van der Waals surface area (Å²) in [5.41, 5.74) is 0. The van der Waals surface area contributed by atoms with Crippen LogP contribution in [0.15, 0.2) is 19.6 Å². The van der Waals surface area contributed by atoms with E-state index in [-0.39, 0.29) is 0 Å². The summed E-state index contributed by atoms with van der Waals surface area (Å²) in [5, 5.41) is 42.8. The summed E-state index contributed by atoms with van der Waals surface area (Å²) >= 11 is 1.62. The van der Waals surface area contributed by atoms with E-state index in [4.69, 9.17) is 0 Å². The molecule has 1 aliphatic rings. The second-order valence-corrected chi connectivity index (χ2v) is 8.56. The Morgan fingerprint density at radius 3 is 0.821 bits per heavy atom. The first-order valence-electron chi connectivity index (χ1n) is 6.93. The van der Waals surface area contributed by atoms with Gasteiger partial charge in [-0.25, -0.2) is 0 Å². The second kappa shape index (κ2) is 11.2. The van der Waals surface area contributed by atoms with Crippen LogP contribution >= 0.6 is 47.0 Å². The standard InChI is InChI=1S/C14H12O10S4/c15-5(16)1-25-11-9(23)13(27-3-7(19)20)14(28-4-8(21)22)10(24)12(11)26-2-6(17)18/h1-4H2,(H,15,16)(H,17,18)(H,19,20)(H,21,22)/p-4. The lowest BCUT2D eigenvalue weighted by atomic mass is 10.1. The smallest absolute Gasteiger partial charge is 0.208 e. The Balaban J connectivity index is 3.38. The van der Waals surface area contributed by atoms with E-state index >= 15 is 0 Å². The summed E-state index contributed by atoms with van der Waals surface area (Å²) in [5.74, 6) is -11.0. The molecule has 152 valence electrons. The fraction of sp³-hybridized carbons (Fsp3) is 0.286. The molecule has 0 fully saturated rings. The summed E-state index contributed by atoms with van der Waals surface area (Å²) in [4.78, 5) is 66.6. The molecule has 0 atom stereocenters. The average molecular weight is 464 g/mol. The molecule has 0 aromatic rings. The number of Topliss-reactive ketones (excluding diaryl/α,β-unsaturated/α-hetero) is 2. The molecule has 28 heavy (non-hydrogen) atoms. The Kier molecular flexibility index (Phi) is 9.64. The van der Waals surface area contributed by atoms with Crippen LogP contribution < -0.4 is 20.4 Å². The summed E-state index contributed by atoms with van der Waals surface area (Å²) in [6, 6.07) is 0. The SMILES string of the molecule is O=C([O-])CSC1=C(SCC(=O)[O-])C(=O)C(SCC(=O)[O-])=C(SCC(=O)[O-])C1=O. The van der Waals surface area contributed by atoms with Crippen molar-refractivity contribution < 1.29 is 49.2 Å². The van der Waals surface area contributed by atoms with Crippen molar-refractivity contribution in [2.75, 3.05) is 23.0 Å². The van der Waals surface area contributed by atoms with E-state index in [2.05, 4.69) is 0 Å². The van der Waals surface area contributed by atoms with Gasteiger partial charge in [-0.3, -0.25) is 9.59 Å². The highest BCUT2D eigenvalue weighted by Crippen LogP contribution is 2.43. The maximum Gasteiger partial charge on any atom is 0.208 e. The molecule has 0 amide bonds. The molecule has 0 aliphatic heterocycles. The van der Waals surface area contributed by atoms with Crippen LogP contribution in [0.25, 0.3) is 0 Å². The fourth-order valence-electron chi connectivity index (χ4n) is 1.67. The van der Waals surface area contributed by atoms with Crippen LogP contribution in [0.4, 0.5) is 0 Å². The van der Waals surface area contributed by atoms with Gasteiger partial charge >= 0.3 is 0 Å². The van der Waals surface area contributed by atoms with Gasteiger partial charge in [-0.1, -0.05) is 0 Å². The van der Waals surface area contributed by atoms with Gasteiger partial charge in [0.05, 0.1) is 43.5 Å². The fourth-order valence-corrected chi connectivity index (χ4v) is 5.38. The highest BCUT2D eigenvalue weighted by atomic mass is 32.2. The van der Waals surface area contributed by atoms with Crippen molar-refractivity contribution >= 4 is 82.5 Å². The van der Waals surface area contributed by atoms with Gasteiger partial charge in [0.15, 0.2) is 0 Å². The molecule has 14 heteroatoms. The quantitative estimate of drug-likeness (QED) is 0.251. The van der Waals surface area contributed by atoms with Crippen LogP contribution in [-0.4, -0.2) is 58.5 Å². The maximum atomic E-state index is 12.7. The third-order valence-corrected chi connectivity index (χ3v) is 7.07. The number of carbonyl (C=O) groups is 6. The zero-order chi connectivity index (χ0) is 21.4. The van der Waals surface area contributed by atoms with Gasteiger partial charge in [0, 0.05) is 23.0 Å². The Morgan fingerprint density at radius 2 is 0.679 bits per heavy atom. The van der Waals surface area contributed by atoms with Gasteiger partial charge in [0.25, 0.3) is 0 Å². The number of ketones is 2. The second-order valence-electron chi connectivity index (χ2n) is 4.62. The third kappa shape index (κ3) is 7.26. The van der Waals surface area contributed by atoms with Gasteiger partial charge in [-0.15, -0.1) is 47.0 Å². The van der Waals surface area contributed by atoms with Gasteiger partial charge in [0.2, 0.25) is 11.6 Å². The molecule has 0 aromatic heterocycles. The number of thioether (sulfide) groups is 4. The molecule has 10 nitrogen and oxygen atoms in total. The van der Waals surface area contributed by atoms with Gasteiger partial charge in [-0.2, -0.15) is 0 Å². The number of carboxylic acids is 4. The molecule has 0 spiro atoms. The Morgan fingerprint density at radius 1 is 0.500 bits per heavy atom. The first-order chi connectivity index (χ1) is 13.0. The molecule has 0 radical (unpaired) electrons. The van der Waals surface area contributed by atoms with Gasteiger partial charge in [0.1, 0.15) is 0 Å². The van der Waals surface area contributed by atoms with E-state index in [9.17, 15) is 49.2 Å². The van der Waals surface area contributed by atoms with Crippen LogP contribution in [-0.2, 0) is 28.8 Å². The molecule has 0 aromatic carbocycles. The van der Waals surface area contributed by atoms with Crippen molar-refractivity contribution in [2.24, 2.45) is 0 Å². The summed E-state index contributed by atoms with van der Waals surface area (Å²) in [7, 11) is 0. The van der Waals surface area contributed by atoms with Crippen molar-refractivity contribution in [3.05, 3.63) is 19.6 Å². The van der Waals surface area contributed by atoms with Crippen molar-refractivity contribution in [2.45, 2.75) is 0 Å². The highest BCUT2D eigenvalue weighted by Gasteiger charge is 2.35. The zero-order valence-electron chi connectivity index (χ0n) is 13.5. The molecule has 0 bridgehead atoms. The Hall–Kier alpha value is -1.90. The monoisotopic (exact) mass is 464 g/mol. The number of aliphatic carboxylic acids is 4. The van der Waals surface area contributed by atoms with E-state index < -0.39 is 78.1 Å². The lowest BCUT2D eigenvalue weighted by molar-refractivity contribution is -0.302. The molecule has 1 rings (SSSR count).